The summed E-state index contributed by atoms with van der Waals surface area (Å²) in [4.78, 5) is 0. The first-order valence-electron chi connectivity index (χ1n) is 7.30. The van der Waals surface area contributed by atoms with E-state index in [4.69, 9.17) is 19.3 Å². The maximum atomic E-state index is 8.63. The van der Waals surface area contributed by atoms with Crippen LogP contribution in [0.15, 0.2) is 12.1 Å². The number of hydrogen-bond acceptors (Lipinski definition) is 5. The molecule has 0 radical (unpaired) electrons. The fraction of sp³-hybridized carbons (Fsp3) is 0.625. The maximum absolute atomic E-state index is 8.63. The number of rotatable bonds is 11. The topological polar surface area (TPSA) is 60.0 Å². The van der Waals surface area contributed by atoms with Gasteiger partial charge < -0.3 is 24.6 Å². The van der Waals surface area contributed by atoms with E-state index in [-0.39, 0.29) is 6.61 Å². The van der Waals surface area contributed by atoms with Crippen LogP contribution in [-0.4, -0.2) is 51.8 Å². The molecule has 5 nitrogen and oxygen atoms in total. The highest BCUT2D eigenvalue weighted by Crippen LogP contribution is 2.24. The highest BCUT2D eigenvalue weighted by Gasteiger charge is 2.06. The third-order valence-electron chi connectivity index (χ3n) is 3.04. The lowest BCUT2D eigenvalue weighted by atomic mass is 10.1. The zero-order valence-corrected chi connectivity index (χ0v) is 13.3. The van der Waals surface area contributed by atoms with Gasteiger partial charge in [-0.15, -0.1) is 0 Å². The van der Waals surface area contributed by atoms with Crippen molar-refractivity contribution in [2.45, 2.75) is 20.4 Å². The zero-order valence-electron chi connectivity index (χ0n) is 13.3. The summed E-state index contributed by atoms with van der Waals surface area (Å²) in [6, 6.07) is 4.27. The molecule has 120 valence electrons. The minimum atomic E-state index is 0.0445. The third kappa shape index (κ3) is 6.91. The Morgan fingerprint density at radius 1 is 1.05 bits per heavy atom. The van der Waals surface area contributed by atoms with Crippen LogP contribution >= 0.6 is 0 Å². The van der Waals surface area contributed by atoms with Crippen LogP contribution in [0.5, 0.6) is 5.75 Å². The molecule has 5 heteroatoms. The van der Waals surface area contributed by atoms with Crippen molar-refractivity contribution >= 4 is 0 Å². The first-order chi connectivity index (χ1) is 10.2. The second-order valence-corrected chi connectivity index (χ2v) is 4.91. The summed E-state index contributed by atoms with van der Waals surface area (Å²) in [5.41, 5.74) is 3.49. The number of aryl methyl sites for hydroxylation is 2. The summed E-state index contributed by atoms with van der Waals surface area (Å²) in [7, 11) is 1.70. The molecule has 1 aromatic carbocycles. The number of nitrogens with one attached hydrogen (secondary N) is 1. The second kappa shape index (κ2) is 10.6. The predicted molar refractivity (Wildman–Crippen MR) is 82.9 cm³/mol. The van der Waals surface area contributed by atoms with Crippen molar-refractivity contribution in [2.24, 2.45) is 0 Å². The highest BCUT2D eigenvalue weighted by atomic mass is 16.5. The Morgan fingerprint density at radius 2 is 1.76 bits per heavy atom. The van der Waals surface area contributed by atoms with E-state index in [0.29, 0.717) is 26.4 Å². The molecule has 0 atom stereocenters. The molecule has 0 aliphatic rings. The van der Waals surface area contributed by atoms with E-state index < -0.39 is 0 Å². The van der Waals surface area contributed by atoms with E-state index in [1.54, 1.807) is 7.11 Å². The van der Waals surface area contributed by atoms with Gasteiger partial charge in [-0.3, -0.25) is 0 Å². The normalized spacial score (nSPS) is 10.9. The molecule has 2 N–H and O–H groups in total. The molecule has 21 heavy (non-hydrogen) atoms. The van der Waals surface area contributed by atoms with Crippen molar-refractivity contribution < 1.29 is 19.3 Å². The maximum Gasteiger partial charge on any atom is 0.125 e. The van der Waals surface area contributed by atoms with Crippen LogP contribution in [0.2, 0.25) is 0 Å². The van der Waals surface area contributed by atoms with Crippen LogP contribution in [0.25, 0.3) is 0 Å². The Bertz CT molecular complexity index is 386. The molecule has 0 aromatic heterocycles. The average molecular weight is 297 g/mol. The number of ether oxygens (including phenoxy) is 3. The Balaban J connectivity index is 2.46. The lowest BCUT2D eigenvalue weighted by Gasteiger charge is -2.14. The monoisotopic (exact) mass is 297 g/mol. The van der Waals surface area contributed by atoms with Crippen molar-refractivity contribution in [3.8, 4) is 5.75 Å². The van der Waals surface area contributed by atoms with Gasteiger partial charge in [0, 0.05) is 20.2 Å². The molecule has 0 aliphatic heterocycles. The molecule has 0 heterocycles. The van der Waals surface area contributed by atoms with Crippen molar-refractivity contribution in [3.63, 3.8) is 0 Å². The zero-order chi connectivity index (χ0) is 15.5. The van der Waals surface area contributed by atoms with Crippen LogP contribution in [0.3, 0.4) is 0 Å². The fourth-order valence-corrected chi connectivity index (χ4v) is 2.15. The van der Waals surface area contributed by atoms with Crippen molar-refractivity contribution in [1.82, 2.24) is 5.32 Å². The van der Waals surface area contributed by atoms with Gasteiger partial charge in [-0.1, -0.05) is 12.1 Å². The van der Waals surface area contributed by atoms with Gasteiger partial charge in [0.2, 0.25) is 0 Å². The van der Waals surface area contributed by atoms with Gasteiger partial charge >= 0.3 is 0 Å². The fourth-order valence-electron chi connectivity index (χ4n) is 2.15. The van der Waals surface area contributed by atoms with Crippen LogP contribution < -0.4 is 10.1 Å². The molecule has 0 spiro atoms. The summed E-state index contributed by atoms with van der Waals surface area (Å²) >= 11 is 0. The molecule has 0 fully saturated rings. The van der Waals surface area contributed by atoms with Gasteiger partial charge in [-0.2, -0.15) is 0 Å². The van der Waals surface area contributed by atoms with E-state index in [1.165, 1.54) is 5.56 Å². The van der Waals surface area contributed by atoms with E-state index in [2.05, 4.69) is 31.3 Å². The van der Waals surface area contributed by atoms with Gasteiger partial charge in [-0.05, 0) is 30.5 Å². The molecule has 1 rings (SSSR count). The van der Waals surface area contributed by atoms with Gasteiger partial charge in [0.15, 0.2) is 0 Å². The molecule has 1 aromatic rings. The number of aliphatic hydroxyl groups excluding tert-OH is 1. The first kappa shape index (κ1) is 17.9. The Labute approximate surface area is 127 Å². The quantitative estimate of drug-likeness (QED) is 0.605. The SMILES string of the molecule is COCCNCc1cc(C)c(OCCOCCO)c(C)c1. The average Bonchev–Trinajstić information content (AvgIpc) is 2.46. The van der Waals surface area contributed by atoms with Crippen molar-refractivity contribution in [3.05, 3.63) is 28.8 Å². The summed E-state index contributed by atoms with van der Waals surface area (Å²) in [6.45, 7) is 7.86. The molecular weight excluding hydrogens is 270 g/mol. The van der Waals surface area contributed by atoms with E-state index >= 15 is 0 Å². The van der Waals surface area contributed by atoms with Crippen molar-refractivity contribution in [1.29, 1.82) is 0 Å². The predicted octanol–water partition coefficient (Wildman–Crippen LogP) is 1.43. The Hall–Kier alpha value is -1.14. The molecule has 0 saturated carbocycles. The van der Waals surface area contributed by atoms with Gasteiger partial charge in [0.25, 0.3) is 0 Å². The number of methoxy groups -OCH3 is 1. The van der Waals surface area contributed by atoms with E-state index in [0.717, 1.165) is 30.0 Å². The standard InChI is InChI=1S/C16H27NO4/c1-13-10-15(12-17-4-6-19-3)11-14(2)16(13)21-9-8-20-7-5-18/h10-11,17-18H,4-9,12H2,1-3H3. The molecular formula is C16H27NO4. The molecule has 0 amide bonds. The second-order valence-electron chi connectivity index (χ2n) is 4.91. The summed E-state index contributed by atoms with van der Waals surface area (Å²) in [5.74, 6) is 0.920. The number of aliphatic hydroxyl groups is 1. The number of hydrogen-bond donors (Lipinski definition) is 2. The smallest absolute Gasteiger partial charge is 0.125 e. The van der Waals surface area contributed by atoms with Gasteiger partial charge in [-0.25, -0.2) is 0 Å². The highest BCUT2D eigenvalue weighted by molar-refractivity contribution is 5.43. The minimum absolute atomic E-state index is 0.0445. The largest absolute Gasteiger partial charge is 0.491 e. The Morgan fingerprint density at radius 3 is 2.38 bits per heavy atom. The molecule has 0 unspecified atom stereocenters. The van der Waals surface area contributed by atoms with E-state index in [9.17, 15) is 0 Å². The molecule has 0 aliphatic carbocycles. The third-order valence-corrected chi connectivity index (χ3v) is 3.04. The number of benzene rings is 1. The van der Waals surface area contributed by atoms with Crippen LogP contribution in [0, 0.1) is 13.8 Å². The van der Waals surface area contributed by atoms with Gasteiger partial charge in [0.1, 0.15) is 12.4 Å². The van der Waals surface area contributed by atoms with E-state index in [1.807, 2.05) is 0 Å². The van der Waals surface area contributed by atoms with Crippen molar-refractivity contribution in [2.75, 3.05) is 46.7 Å². The lowest BCUT2D eigenvalue weighted by molar-refractivity contribution is 0.0702. The van der Waals surface area contributed by atoms with Gasteiger partial charge in [0.05, 0.1) is 26.4 Å². The first-order valence-corrected chi connectivity index (χ1v) is 7.30. The minimum Gasteiger partial charge on any atom is -0.491 e. The summed E-state index contributed by atoms with van der Waals surface area (Å²) < 4.78 is 16.0. The van der Waals surface area contributed by atoms with Crippen LogP contribution in [0.1, 0.15) is 16.7 Å². The lowest BCUT2D eigenvalue weighted by Crippen LogP contribution is -2.18. The Kier molecular flexibility index (Phi) is 9.01. The summed E-state index contributed by atoms with van der Waals surface area (Å²) in [5, 5.41) is 12.0. The molecule has 0 bridgehead atoms. The van der Waals surface area contributed by atoms with Crippen LogP contribution in [-0.2, 0) is 16.0 Å². The molecule has 0 saturated heterocycles. The van der Waals surface area contributed by atoms with Crippen LogP contribution in [0.4, 0.5) is 0 Å². The summed E-state index contributed by atoms with van der Waals surface area (Å²) in [6.07, 6.45) is 0.